The number of ether oxygens (including phenoxy) is 2. The maximum absolute atomic E-state index is 5.20. The predicted octanol–water partition coefficient (Wildman–Crippen LogP) is -1.25. The summed E-state index contributed by atoms with van der Waals surface area (Å²) in [6, 6.07) is 5.89. The van der Waals surface area contributed by atoms with Gasteiger partial charge >= 0.3 is 82.3 Å². The minimum Gasteiger partial charge on any atom is -1.00 e. The van der Waals surface area contributed by atoms with E-state index in [4.69, 9.17) is 9.47 Å². The van der Waals surface area contributed by atoms with Crippen molar-refractivity contribution in [3.8, 4) is 11.5 Å². The molecule has 0 atom stereocenters. The van der Waals surface area contributed by atoms with Gasteiger partial charge in [0.1, 0.15) is 0 Å². The number of halogens is 1. The summed E-state index contributed by atoms with van der Waals surface area (Å²) in [4.78, 5) is 0. The van der Waals surface area contributed by atoms with Gasteiger partial charge in [0.2, 0.25) is 0 Å². The van der Waals surface area contributed by atoms with Gasteiger partial charge in [0.15, 0.2) is 0 Å². The predicted molar refractivity (Wildman–Crippen MR) is 43.3 cm³/mol. The number of methoxy groups -OCH3 is 2. The van der Waals surface area contributed by atoms with Gasteiger partial charge in [-0.3, -0.25) is 0 Å². The van der Waals surface area contributed by atoms with Gasteiger partial charge in [-0.1, -0.05) is 0 Å². The van der Waals surface area contributed by atoms with E-state index >= 15 is 0 Å². The third kappa shape index (κ3) is 3.17. The van der Waals surface area contributed by atoms with E-state index in [2.05, 4.69) is 0 Å². The van der Waals surface area contributed by atoms with Crippen molar-refractivity contribution < 1.29 is 40.2 Å². The molecule has 0 unspecified atom stereocenters. The molecule has 0 saturated carbocycles. The van der Waals surface area contributed by atoms with Crippen LogP contribution in [0.15, 0.2) is 18.2 Å². The maximum Gasteiger partial charge on any atom is -1.00 e. The summed E-state index contributed by atoms with van der Waals surface area (Å²) < 4.78 is 10.3. The van der Waals surface area contributed by atoms with Crippen LogP contribution >= 0.6 is 0 Å². The van der Waals surface area contributed by atoms with E-state index in [0.717, 1.165) is 16.5 Å². The van der Waals surface area contributed by atoms with Crippen LogP contribution in [0.3, 0.4) is 0 Å². The molecule has 0 aliphatic heterocycles. The Bertz CT molecular complexity index is 266. The molecule has 2 nitrogen and oxygen atoms in total. The topological polar surface area (TPSA) is 18.5 Å². The second-order valence-corrected chi connectivity index (χ2v) is 3.48. The van der Waals surface area contributed by atoms with E-state index in [1.165, 1.54) is 23.9 Å². The average Bonchev–Trinajstić information content (AvgIpc) is 2.16. The van der Waals surface area contributed by atoms with Crippen LogP contribution in [0.25, 0.3) is 0 Å². The summed E-state index contributed by atoms with van der Waals surface area (Å²) in [5.41, 5.74) is 1.23. The molecular weight excluding hydrogens is 241 g/mol. The third-order valence-electron chi connectivity index (χ3n) is 1.76. The van der Waals surface area contributed by atoms with E-state index < -0.39 is 0 Å². The quantitative estimate of drug-likeness (QED) is 0.626. The molecule has 0 aliphatic carbocycles. The Morgan fingerprint density at radius 1 is 1.23 bits per heavy atom. The van der Waals surface area contributed by atoms with Gasteiger partial charge in [-0.15, -0.1) is 0 Å². The second kappa shape index (κ2) is 6.23. The summed E-state index contributed by atoms with van der Waals surface area (Å²) >= 11 is 1.24. The molecule has 0 N–H and O–H groups in total. The fourth-order valence-corrected chi connectivity index (χ4v) is 1.90. The molecule has 1 aromatic carbocycles. The fourth-order valence-electron chi connectivity index (χ4n) is 1.08. The molecule has 0 aliphatic rings. The molecule has 0 spiro atoms. The molecule has 0 radical (unpaired) electrons. The van der Waals surface area contributed by atoms with Crippen molar-refractivity contribution in [2.45, 2.75) is 5.02 Å². The summed E-state index contributed by atoms with van der Waals surface area (Å²) in [6.07, 6.45) is 0. The van der Waals surface area contributed by atoms with Crippen molar-refractivity contribution in [2.24, 2.45) is 0 Å². The first-order chi connectivity index (χ1) is 5.81. The van der Waals surface area contributed by atoms with Crippen molar-refractivity contribution in [3.05, 3.63) is 23.8 Å². The van der Waals surface area contributed by atoms with Gasteiger partial charge in [0.25, 0.3) is 0 Å². The average molecular weight is 252 g/mol. The van der Waals surface area contributed by atoms with Gasteiger partial charge in [-0.25, -0.2) is 0 Å². The second-order valence-electron chi connectivity index (χ2n) is 2.43. The number of rotatable bonds is 3. The number of hydrogen-bond donors (Lipinski definition) is 0. The normalized spacial score (nSPS) is 8.92. The van der Waals surface area contributed by atoms with Crippen LogP contribution in [0, 0.1) is 0 Å². The molecule has 4 heteroatoms. The Morgan fingerprint density at radius 2 is 1.92 bits per heavy atom. The number of benzene rings is 1. The zero-order valence-electron chi connectivity index (χ0n) is 7.84. The zero-order valence-corrected chi connectivity index (χ0v) is 11.6. The molecule has 0 heterocycles. The van der Waals surface area contributed by atoms with Crippen molar-refractivity contribution in [2.75, 3.05) is 14.2 Å². The van der Waals surface area contributed by atoms with Gasteiger partial charge in [-0.2, -0.15) is 0 Å². The first-order valence-corrected chi connectivity index (χ1v) is 5.91. The monoisotopic (exact) mass is 250 g/mol. The van der Waals surface area contributed by atoms with E-state index in [-0.39, 0.29) is 12.4 Å². The van der Waals surface area contributed by atoms with Gasteiger partial charge in [-0.05, 0) is 0 Å². The maximum atomic E-state index is 5.20. The fraction of sp³-hybridized carbons (Fsp3) is 0.333. The Balaban J connectivity index is 0.00000144. The SMILES string of the molecule is COc1ccc(OC)c([CH2][Zn+])c1.[Cl-]. The Hall–Kier alpha value is -0.267. The first-order valence-electron chi connectivity index (χ1n) is 3.82. The number of hydrogen-bond acceptors (Lipinski definition) is 2. The van der Waals surface area contributed by atoms with Gasteiger partial charge < -0.3 is 12.4 Å². The summed E-state index contributed by atoms with van der Waals surface area (Å²) in [5, 5.41) is 1.08. The first kappa shape index (κ1) is 12.7. The molecular formula is C9H11ClO2Zn. The largest absolute Gasteiger partial charge is 1.00 e. The van der Waals surface area contributed by atoms with Crippen LogP contribution in [0.5, 0.6) is 11.5 Å². The van der Waals surface area contributed by atoms with Crippen molar-refractivity contribution in [3.63, 3.8) is 0 Å². The zero-order chi connectivity index (χ0) is 8.97. The van der Waals surface area contributed by atoms with E-state index in [1.807, 2.05) is 18.2 Å². The van der Waals surface area contributed by atoms with Crippen molar-refractivity contribution in [1.82, 2.24) is 0 Å². The summed E-state index contributed by atoms with van der Waals surface area (Å²) in [5.74, 6) is 1.86. The summed E-state index contributed by atoms with van der Waals surface area (Å²) in [6.45, 7) is 0. The third-order valence-corrected chi connectivity index (χ3v) is 2.89. The summed E-state index contributed by atoms with van der Waals surface area (Å²) in [7, 11) is 3.37. The molecule has 0 saturated heterocycles. The van der Waals surface area contributed by atoms with E-state index in [1.54, 1.807) is 14.2 Å². The van der Waals surface area contributed by atoms with Crippen LogP contribution in [0.1, 0.15) is 5.56 Å². The van der Waals surface area contributed by atoms with Crippen LogP contribution in [0.2, 0.25) is 0 Å². The molecule has 0 aromatic heterocycles. The van der Waals surface area contributed by atoms with Crippen molar-refractivity contribution in [1.29, 1.82) is 0 Å². The van der Waals surface area contributed by atoms with Crippen LogP contribution in [-0.4, -0.2) is 14.2 Å². The smallest absolute Gasteiger partial charge is 1.00 e. The standard InChI is InChI=1S/C9H11O2.ClH.Zn/c1-7-6-8(10-2)4-5-9(7)11-3;;/h4-6H,1H2,2-3H3;1H;/q;;+1/p-1. The molecule has 68 valence electrons. The molecule has 13 heavy (non-hydrogen) atoms. The van der Waals surface area contributed by atoms with Crippen LogP contribution in [-0.2, 0) is 23.3 Å². The van der Waals surface area contributed by atoms with Crippen LogP contribution < -0.4 is 21.9 Å². The van der Waals surface area contributed by atoms with Gasteiger partial charge in [0.05, 0.1) is 0 Å². The molecule has 0 bridgehead atoms. The Kier molecular flexibility index (Phi) is 6.10. The van der Waals surface area contributed by atoms with E-state index in [9.17, 15) is 0 Å². The van der Waals surface area contributed by atoms with Gasteiger partial charge in [0, 0.05) is 0 Å². The van der Waals surface area contributed by atoms with Crippen molar-refractivity contribution >= 4 is 0 Å². The molecule has 0 fully saturated rings. The minimum absolute atomic E-state index is 0. The minimum atomic E-state index is 0. The van der Waals surface area contributed by atoms with E-state index in [0.29, 0.717) is 0 Å². The van der Waals surface area contributed by atoms with Crippen LogP contribution in [0.4, 0.5) is 0 Å². The molecule has 1 aromatic rings. The molecule has 0 amide bonds. The Morgan fingerprint density at radius 3 is 2.38 bits per heavy atom. The molecule has 1 rings (SSSR count). The Labute approximate surface area is 94.7 Å².